The Kier molecular flexibility index (Phi) is 5.48. The molecule has 0 saturated carbocycles. The number of nitrogen functional groups attached to an aromatic ring is 1. The van der Waals surface area contributed by atoms with Crippen LogP contribution in [0, 0.1) is 0 Å². The van der Waals surface area contributed by atoms with Gasteiger partial charge in [0.25, 0.3) is 0 Å². The van der Waals surface area contributed by atoms with Crippen LogP contribution in [-0.2, 0) is 0 Å². The van der Waals surface area contributed by atoms with Crippen LogP contribution in [0.1, 0.15) is 12.8 Å². The van der Waals surface area contributed by atoms with E-state index in [2.05, 4.69) is 39.6 Å². The summed E-state index contributed by atoms with van der Waals surface area (Å²) in [4.78, 5) is 10.3. The number of anilines is 3. The fraction of sp³-hybridized carbons (Fsp3) is 0.636. The van der Waals surface area contributed by atoms with Crippen molar-refractivity contribution >= 4 is 17.6 Å². The van der Waals surface area contributed by atoms with Crippen LogP contribution >= 0.6 is 0 Å². The molecule has 0 aromatic carbocycles. The maximum absolute atomic E-state index is 5.60. The van der Waals surface area contributed by atoms with E-state index in [1.807, 2.05) is 13.1 Å². The van der Waals surface area contributed by atoms with Crippen LogP contribution in [0.3, 0.4) is 0 Å². The molecule has 0 aliphatic rings. The Morgan fingerprint density at radius 3 is 2.59 bits per heavy atom. The predicted octanol–water partition coefficient (Wildman–Crippen LogP) is 0.854. The quantitative estimate of drug-likeness (QED) is 0.611. The maximum atomic E-state index is 5.60. The summed E-state index contributed by atoms with van der Waals surface area (Å²) in [5.74, 6) is 1.78. The zero-order valence-corrected chi connectivity index (χ0v) is 10.8. The van der Waals surface area contributed by atoms with E-state index in [0.717, 1.165) is 31.1 Å². The summed E-state index contributed by atoms with van der Waals surface area (Å²) in [6.07, 6.45) is 2.27. The SMILES string of the molecule is CNc1cc(NCCCCN(C)C)nc(N)n1. The molecular formula is C11H22N6. The fourth-order valence-electron chi connectivity index (χ4n) is 1.45. The van der Waals surface area contributed by atoms with Crippen LogP contribution in [-0.4, -0.2) is 49.1 Å². The molecule has 96 valence electrons. The lowest BCUT2D eigenvalue weighted by molar-refractivity contribution is 0.396. The zero-order chi connectivity index (χ0) is 12.7. The second kappa shape index (κ2) is 6.90. The van der Waals surface area contributed by atoms with E-state index in [9.17, 15) is 0 Å². The van der Waals surface area contributed by atoms with Gasteiger partial charge in [0.15, 0.2) is 0 Å². The zero-order valence-electron chi connectivity index (χ0n) is 10.8. The first-order valence-corrected chi connectivity index (χ1v) is 5.82. The maximum Gasteiger partial charge on any atom is 0.223 e. The Labute approximate surface area is 103 Å². The Morgan fingerprint density at radius 2 is 1.94 bits per heavy atom. The number of aromatic nitrogens is 2. The predicted molar refractivity (Wildman–Crippen MR) is 72.3 cm³/mol. The summed E-state index contributed by atoms with van der Waals surface area (Å²) < 4.78 is 0. The standard InChI is InChI=1S/C11H22N6/c1-13-9-8-10(16-11(12)15-9)14-6-4-5-7-17(2)3/h8H,4-7H2,1-3H3,(H4,12,13,14,15,16). The minimum Gasteiger partial charge on any atom is -0.373 e. The third kappa shape index (κ3) is 5.35. The molecule has 1 aromatic heterocycles. The minimum atomic E-state index is 0.285. The first-order chi connectivity index (χ1) is 8.11. The lowest BCUT2D eigenvalue weighted by atomic mass is 10.3. The summed E-state index contributed by atoms with van der Waals surface area (Å²) in [6.45, 7) is 2.00. The van der Waals surface area contributed by atoms with Crippen molar-refractivity contribution in [1.82, 2.24) is 14.9 Å². The van der Waals surface area contributed by atoms with E-state index >= 15 is 0 Å². The third-order valence-electron chi connectivity index (χ3n) is 2.34. The van der Waals surface area contributed by atoms with Crippen LogP contribution in [0.2, 0.25) is 0 Å². The molecule has 0 bridgehead atoms. The molecule has 0 amide bonds. The van der Waals surface area contributed by atoms with E-state index in [4.69, 9.17) is 5.73 Å². The minimum absolute atomic E-state index is 0.285. The number of nitrogens with zero attached hydrogens (tertiary/aromatic N) is 3. The largest absolute Gasteiger partial charge is 0.373 e. The summed E-state index contributed by atoms with van der Waals surface area (Å²) >= 11 is 0. The summed E-state index contributed by atoms with van der Waals surface area (Å²) in [5, 5.41) is 6.19. The van der Waals surface area contributed by atoms with E-state index in [0.29, 0.717) is 0 Å². The van der Waals surface area contributed by atoms with Gasteiger partial charge in [-0.05, 0) is 33.5 Å². The molecule has 0 fully saturated rings. The van der Waals surface area contributed by atoms with Crippen molar-refractivity contribution < 1.29 is 0 Å². The average Bonchev–Trinajstić information content (AvgIpc) is 2.27. The molecule has 4 N–H and O–H groups in total. The Morgan fingerprint density at radius 1 is 1.24 bits per heavy atom. The molecule has 0 atom stereocenters. The smallest absolute Gasteiger partial charge is 0.223 e. The normalized spacial score (nSPS) is 10.6. The van der Waals surface area contributed by atoms with Crippen molar-refractivity contribution in [3.05, 3.63) is 6.07 Å². The third-order valence-corrected chi connectivity index (χ3v) is 2.34. The Balaban J connectivity index is 2.33. The van der Waals surface area contributed by atoms with Crippen LogP contribution in [0.4, 0.5) is 17.6 Å². The van der Waals surface area contributed by atoms with Gasteiger partial charge in [0.05, 0.1) is 0 Å². The van der Waals surface area contributed by atoms with Gasteiger partial charge in [-0.25, -0.2) is 0 Å². The van der Waals surface area contributed by atoms with Crippen LogP contribution in [0.5, 0.6) is 0 Å². The molecule has 1 rings (SSSR count). The molecule has 0 saturated heterocycles. The van der Waals surface area contributed by atoms with Crippen LogP contribution < -0.4 is 16.4 Å². The van der Waals surface area contributed by atoms with Gasteiger partial charge < -0.3 is 21.3 Å². The summed E-state index contributed by atoms with van der Waals surface area (Å²) in [7, 11) is 5.97. The molecule has 0 unspecified atom stereocenters. The van der Waals surface area contributed by atoms with Crippen molar-refractivity contribution in [2.75, 3.05) is 50.6 Å². The lowest BCUT2D eigenvalue weighted by Crippen LogP contribution is -2.14. The molecule has 1 aromatic rings. The van der Waals surface area contributed by atoms with E-state index in [1.54, 1.807) is 0 Å². The number of rotatable bonds is 7. The van der Waals surface area contributed by atoms with Crippen molar-refractivity contribution in [2.24, 2.45) is 0 Å². The van der Waals surface area contributed by atoms with Crippen molar-refractivity contribution in [1.29, 1.82) is 0 Å². The highest BCUT2D eigenvalue weighted by atomic mass is 15.1. The fourth-order valence-corrected chi connectivity index (χ4v) is 1.45. The second-order valence-corrected chi connectivity index (χ2v) is 4.18. The van der Waals surface area contributed by atoms with Crippen molar-refractivity contribution in [3.8, 4) is 0 Å². The summed E-state index contributed by atoms with van der Waals surface area (Å²) in [6, 6.07) is 1.85. The molecular weight excluding hydrogens is 216 g/mol. The van der Waals surface area contributed by atoms with E-state index in [1.165, 1.54) is 6.42 Å². The first kappa shape index (κ1) is 13.5. The highest BCUT2D eigenvalue weighted by molar-refractivity contribution is 5.50. The molecule has 0 radical (unpaired) electrons. The molecule has 0 aliphatic heterocycles. The van der Waals surface area contributed by atoms with Crippen molar-refractivity contribution in [2.45, 2.75) is 12.8 Å². The number of hydrogen-bond donors (Lipinski definition) is 3. The number of hydrogen-bond acceptors (Lipinski definition) is 6. The topological polar surface area (TPSA) is 79.1 Å². The van der Waals surface area contributed by atoms with Gasteiger partial charge in [-0.15, -0.1) is 0 Å². The average molecular weight is 238 g/mol. The molecule has 6 heteroatoms. The molecule has 6 nitrogen and oxygen atoms in total. The van der Waals surface area contributed by atoms with Gasteiger partial charge in [0, 0.05) is 19.7 Å². The first-order valence-electron chi connectivity index (χ1n) is 5.82. The van der Waals surface area contributed by atoms with E-state index < -0.39 is 0 Å². The molecule has 0 spiro atoms. The number of nitrogens with one attached hydrogen (secondary N) is 2. The van der Waals surface area contributed by atoms with Gasteiger partial charge in [0.2, 0.25) is 5.95 Å². The second-order valence-electron chi connectivity index (χ2n) is 4.18. The van der Waals surface area contributed by atoms with Gasteiger partial charge in [-0.2, -0.15) is 9.97 Å². The highest BCUT2D eigenvalue weighted by Gasteiger charge is 2.00. The van der Waals surface area contributed by atoms with E-state index in [-0.39, 0.29) is 5.95 Å². The summed E-state index contributed by atoms with van der Waals surface area (Å²) in [5.41, 5.74) is 5.60. The lowest BCUT2D eigenvalue weighted by Gasteiger charge is -2.10. The molecule has 0 aliphatic carbocycles. The molecule has 1 heterocycles. The van der Waals surface area contributed by atoms with Crippen molar-refractivity contribution in [3.63, 3.8) is 0 Å². The van der Waals surface area contributed by atoms with Crippen LogP contribution in [0.15, 0.2) is 6.07 Å². The van der Waals surface area contributed by atoms with Gasteiger partial charge in [-0.3, -0.25) is 0 Å². The Bertz CT molecular complexity index is 339. The van der Waals surface area contributed by atoms with Gasteiger partial charge >= 0.3 is 0 Å². The monoisotopic (exact) mass is 238 g/mol. The number of nitrogens with two attached hydrogens (primary N) is 1. The number of unbranched alkanes of at least 4 members (excludes halogenated alkanes) is 1. The van der Waals surface area contributed by atoms with Gasteiger partial charge in [-0.1, -0.05) is 0 Å². The Hall–Kier alpha value is -1.56. The highest BCUT2D eigenvalue weighted by Crippen LogP contribution is 2.11. The van der Waals surface area contributed by atoms with Crippen LogP contribution in [0.25, 0.3) is 0 Å². The molecule has 17 heavy (non-hydrogen) atoms. The van der Waals surface area contributed by atoms with Gasteiger partial charge in [0.1, 0.15) is 11.6 Å².